The summed E-state index contributed by atoms with van der Waals surface area (Å²) in [6.07, 6.45) is 1.52. The predicted molar refractivity (Wildman–Crippen MR) is 138 cm³/mol. The maximum atomic E-state index is 13.0. The zero-order valence-corrected chi connectivity index (χ0v) is 19.2. The van der Waals surface area contributed by atoms with Crippen LogP contribution < -0.4 is 16.1 Å². The van der Waals surface area contributed by atoms with E-state index in [-0.39, 0.29) is 5.43 Å². The number of benzene rings is 3. The van der Waals surface area contributed by atoms with E-state index in [9.17, 15) is 4.79 Å². The molecule has 5 rings (SSSR count). The van der Waals surface area contributed by atoms with Crippen LogP contribution in [0, 0.1) is 0 Å². The zero-order chi connectivity index (χ0) is 22.6. The lowest BCUT2D eigenvalue weighted by Gasteiger charge is -2.11. The summed E-state index contributed by atoms with van der Waals surface area (Å²) in [5.41, 5.74) is 1.70. The van der Waals surface area contributed by atoms with Crippen molar-refractivity contribution in [2.75, 3.05) is 36.9 Å². The highest BCUT2D eigenvalue weighted by molar-refractivity contribution is 7.24. The molecule has 8 heteroatoms. The molecule has 166 valence electrons. The smallest absolute Gasteiger partial charge is 0.197 e. The second-order valence-electron chi connectivity index (χ2n) is 7.46. The maximum Gasteiger partial charge on any atom is 0.197 e. The van der Waals surface area contributed by atoms with Crippen LogP contribution in [0.15, 0.2) is 71.8 Å². The van der Waals surface area contributed by atoms with Crippen molar-refractivity contribution in [1.29, 1.82) is 0 Å². The number of rotatable bonds is 8. The molecule has 0 spiro atoms. The van der Waals surface area contributed by atoms with Crippen molar-refractivity contribution in [1.82, 2.24) is 9.97 Å². The minimum Gasteiger partial charge on any atom is -0.382 e. The molecular formula is C25H21ClN4O2S. The van der Waals surface area contributed by atoms with Crippen molar-refractivity contribution < 1.29 is 4.74 Å². The van der Waals surface area contributed by atoms with E-state index in [1.54, 1.807) is 11.3 Å². The highest BCUT2D eigenvalue weighted by Crippen LogP contribution is 2.28. The van der Waals surface area contributed by atoms with E-state index < -0.39 is 0 Å². The summed E-state index contributed by atoms with van der Waals surface area (Å²) in [7, 11) is 0. The average Bonchev–Trinajstić information content (AvgIpc) is 2.83. The van der Waals surface area contributed by atoms with Gasteiger partial charge < -0.3 is 15.4 Å². The first kappa shape index (κ1) is 21.6. The van der Waals surface area contributed by atoms with Gasteiger partial charge >= 0.3 is 0 Å². The Morgan fingerprint density at radius 1 is 0.879 bits per heavy atom. The van der Waals surface area contributed by atoms with Gasteiger partial charge in [0.05, 0.1) is 24.1 Å². The summed E-state index contributed by atoms with van der Waals surface area (Å²) >= 11 is 7.67. The van der Waals surface area contributed by atoms with E-state index in [4.69, 9.17) is 16.3 Å². The van der Waals surface area contributed by atoms with Crippen molar-refractivity contribution in [3.63, 3.8) is 0 Å². The fourth-order valence-corrected chi connectivity index (χ4v) is 5.04. The Morgan fingerprint density at radius 2 is 1.70 bits per heavy atom. The minimum absolute atomic E-state index is 0.0610. The second kappa shape index (κ2) is 9.70. The number of halogens is 1. The Balaban J connectivity index is 1.16. The van der Waals surface area contributed by atoms with Crippen LogP contribution in [-0.4, -0.2) is 36.3 Å². The standard InChI is InChI=1S/C25H21ClN4O2S/c26-16-8-9-17-20(14-16)29-15-30-25(17)28-11-13-32-12-10-27-19-5-3-7-22-23(19)24(31)18-4-1-2-6-21(18)33-22/h1-9,14-15,27H,10-13H2,(H,28,29,30). The molecule has 0 saturated heterocycles. The van der Waals surface area contributed by atoms with E-state index >= 15 is 0 Å². The summed E-state index contributed by atoms with van der Waals surface area (Å²) < 4.78 is 7.74. The van der Waals surface area contributed by atoms with Gasteiger partial charge in [0.25, 0.3) is 0 Å². The molecule has 0 aliphatic heterocycles. The first-order valence-corrected chi connectivity index (χ1v) is 11.8. The highest BCUT2D eigenvalue weighted by atomic mass is 35.5. The number of ether oxygens (including phenoxy) is 1. The van der Waals surface area contributed by atoms with Gasteiger partial charge in [-0.15, -0.1) is 11.3 Å². The fraction of sp³-hybridized carbons (Fsp3) is 0.160. The van der Waals surface area contributed by atoms with Gasteiger partial charge in [-0.25, -0.2) is 9.97 Å². The van der Waals surface area contributed by atoms with Crippen molar-refractivity contribution >= 4 is 65.5 Å². The van der Waals surface area contributed by atoms with Gasteiger partial charge in [-0.3, -0.25) is 4.79 Å². The molecule has 33 heavy (non-hydrogen) atoms. The molecule has 2 N–H and O–H groups in total. The molecule has 0 saturated carbocycles. The Morgan fingerprint density at radius 3 is 2.61 bits per heavy atom. The van der Waals surface area contributed by atoms with E-state index in [2.05, 4.69) is 20.6 Å². The molecule has 0 atom stereocenters. The second-order valence-corrected chi connectivity index (χ2v) is 8.98. The third kappa shape index (κ3) is 4.61. The topological polar surface area (TPSA) is 76.1 Å². The van der Waals surface area contributed by atoms with Gasteiger partial charge in [-0.1, -0.05) is 29.8 Å². The number of hydrogen-bond acceptors (Lipinski definition) is 7. The maximum absolute atomic E-state index is 13.0. The molecule has 5 aromatic rings. The van der Waals surface area contributed by atoms with Crippen molar-refractivity contribution in [2.45, 2.75) is 0 Å². The minimum atomic E-state index is 0.0610. The molecule has 2 aromatic heterocycles. The van der Waals surface area contributed by atoms with Crippen LogP contribution in [0.5, 0.6) is 0 Å². The largest absolute Gasteiger partial charge is 0.382 e. The Kier molecular flexibility index (Phi) is 6.35. The van der Waals surface area contributed by atoms with Crippen LogP contribution in [0.4, 0.5) is 11.5 Å². The normalized spacial score (nSPS) is 11.3. The van der Waals surface area contributed by atoms with Crippen LogP contribution in [0.3, 0.4) is 0 Å². The third-order valence-corrected chi connectivity index (χ3v) is 6.68. The van der Waals surface area contributed by atoms with E-state index in [0.29, 0.717) is 31.3 Å². The van der Waals surface area contributed by atoms with Crippen LogP contribution in [0.25, 0.3) is 31.1 Å². The lowest BCUT2D eigenvalue weighted by atomic mass is 10.1. The number of nitrogens with one attached hydrogen (secondary N) is 2. The van der Waals surface area contributed by atoms with Crippen molar-refractivity contribution in [2.24, 2.45) is 0 Å². The molecule has 0 bridgehead atoms. The lowest BCUT2D eigenvalue weighted by Crippen LogP contribution is -2.16. The SMILES string of the molecule is O=c1c2ccccc2sc2cccc(NCCOCCNc3ncnc4cc(Cl)ccc34)c12. The molecule has 0 fully saturated rings. The first-order chi connectivity index (χ1) is 16.2. The number of aromatic nitrogens is 2. The summed E-state index contributed by atoms with van der Waals surface area (Å²) in [6.45, 7) is 2.26. The third-order valence-electron chi connectivity index (χ3n) is 5.30. The molecule has 0 amide bonds. The monoisotopic (exact) mass is 476 g/mol. The van der Waals surface area contributed by atoms with Crippen molar-refractivity contribution in [3.8, 4) is 0 Å². The zero-order valence-electron chi connectivity index (χ0n) is 17.7. The van der Waals surface area contributed by atoms with Gasteiger partial charge in [0.15, 0.2) is 5.43 Å². The van der Waals surface area contributed by atoms with Gasteiger partial charge in [0, 0.05) is 44.0 Å². The van der Waals surface area contributed by atoms with E-state index in [1.165, 1.54) is 6.33 Å². The molecule has 6 nitrogen and oxygen atoms in total. The summed E-state index contributed by atoms with van der Waals surface area (Å²) in [5.74, 6) is 0.755. The molecule has 0 aliphatic rings. The summed E-state index contributed by atoms with van der Waals surface area (Å²) in [4.78, 5) is 21.6. The average molecular weight is 477 g/mol. The molecular weight excluding hydrogens is 456 g/mol. The molecule has 0 unspecified atom stereocenters. The molecule has 0 radical (unpaired) electrons. The van der Waals surface area contributed by atoms with Gasteiger partial charge in [-0.2, -0.15) is 0 Å². The Bertz CT molecular complexity index is 1510. The van der Waals surface area contributed by atoms with Crippen LogP contribution in [0.2, 0.25) is 5.02 Å². The Hall–Kier alpha value is -3.26. The number of nitrogens with zero attached hydrogens (tertiary/aromatic N) is 2. The lowest BCUT2D eigenvalue weighted by molar-refractivity contribution is 0.154. The quantitative estimate of drug-likeness (QED) is 0.226. The van der Waals surface area contributed by atoms with Gasteiger partial charge in [0.1, 0.15) is 12.1 Å². The predicted octanol–water partition coefficient (Wildman–Crippen LogP) is 5.55. The van der Waals surface area contributed by atoms with Gasteiger partial charge in [-0.05, 0) is 42.5 Å². The fourth-order valence-electron chi connectivity index (χ4n) is 3.77. The van der Waals surface area contributed by atoms with Crippen LogP contribution >= 0.6 is 22.9 Å². The first-order valence-electron chi connectivity index (χ1n) is 10.6. The highest BCUT2D eigenvalue weighted by Gasteiger charge is 2.09. The number of anilines is 2. The van der Waals surface area contributed by atoms with Crippen LogP contribution in [0.1, 0.15) is 0 Å². The van der Waals surface area contributed by atoms with E-state index in [0.717, 1.165) is 42.6 Å². The number of hydrogen-bond donors (Lipinski definition) is 2. The molecule has 0 aliphatic carbocycles. The summed E-state index contributed by atoms with van der Waals surface area (Å²) in [6, 6.07) is 19.2. The summed E-state index contributed by atoms with van der Waals surface area (Å²) in [5, 5.41) is 9.70. The van der Waals surface area contributed by atoms with Gasteiger partial charge in [0.2, 0.25) is 0 Å². The van der Waals surface area contributed by atoms with E-state index in [1.807, 2.05) is 60.7 Å². The molecule has 3 aromatic carbocycles. The van der Waals surface area contributed by atoms with Crippen molar-refractivity contribution in [3.05, 3.63) is 82.2 Å². The molecule has 2 heterocycles. The number of fused-ring (bicyclic) bond motifs is 3. The Labute approximate surface area is 199 Å². The van der Waals surface area contributed by atoms with Crippen LogP contribution in [-0.2, 0) is 4.74 Å².